The maximum Gasteiger partial charge on any atom is 0.257 e. The molecule has 24 heavy (non-hydrogen) atoms. The molecule has 3 aromatic rings. The van der Waals surface area contributed by atoms with E-state index >= 15 is 0 Å². The molecular weight excluding hydrogens is 322 g/mol. The molecule has 0 fully saturated rings. The number of para-hydroxylation sites is 2. The average molecular weight is 339 g/mol. The van der Waals surface area contributed by atoms with Gasteiger partial charge in [-0.05, 0) is 30.5 Å². The molecule has 0 unspecified atom stereocenters. The Kier molecular flexibility index (Phi) is 5.63. The first-order chi connectivity index (χ1) is 11.8. The summed E-state index contributed by atoms with van der Waals surface area (Å²) in [6.45, 7) is 0. The predicted molar refractivity (Wildman–Crippen MR) is 96.1 cm³/mol. The van der Waals surface area contributed by atoms with Gasteiger partial charge in [0.05, 0.1) is 5.75 Å². The smallest absolute Gasteiger partial charge is 0.257 e. The van der Waals surface area contributed by atoms with Gasteiger partial charge in [-0.25, -0.2) is 10.4 Å². The molecule has 0 aliphatic heterocycles. The lowest BCUT2D eigenvalue weighted by atomic mass is 10.1. The van der Waals surface area contributed by atoms with Crippen LogP contribution >= 0.6 is 11.8 Å². The zero-order chi connectivity index (χ0) is 16.6. The zero-order valence-electron chi connectivity index (χ0n) is 13.0. The molecule has 0 radical (unpaired) electrons. The minimum absolute atomic E-state index is 0.182. The van der Waals surface area contributed by atoms with Gasteiger partial charge < -0.3 is 4.42 Å². The number of carbonyl (C=O) groups is 1. The van der Waals surface area contributed by atoms with Crippen LogP contribution in [-0.2, 0) is 11.2 Å². The fourth-order valence-corrected chi connectivity index (χ4v) is 2.76. The number of nitrogens with one attached hydrogen (secondary N) is 1. The number of benzene rings is 2. The van der Waals surface area contributed by atoms with Crippen molar-refractivity contribution in [2.24, 2.45) is 5.10 Å². The van der Waals surface area contributed by atoms with Gasteiger partial charge in [-0.3, -0.25) is 4.79 Å². The maximum atomic E-state index is 11.7. The van der Waals surface area contributed by atoms with Crippen LogP contribution in [0.3, 0.4) is 0 Å². The van der Waals surface area contributed by atoms with E-state index in [4.69, 9.17) is 4.42 Å². The standard InChI is InChI=1S/C18H17N3O2S/c22-17(21-19-12-6-9-14-7-2-1-3-8-14)13-24-18-20-15-10-4-5-11-16(15)23-18/h1-5,7-8,10-12H,6,9,13H2,(H,21,22)/b19-12+. The molecule has 0 saturated carbocycles. The Balaban J connectivity index is 1.38. The number of carbonyl (C=O) groups excluding carboxylic acids is 1. The first-order valence-electron chi connectivity index (χ1n) is 7.64. The van der Waals surface area contributed by atoms with E-state index in [0.717, 1.165) is 23.9 Å². The van der Waals surface area contributed by atoms with Crippen LogP contribution in [-0.4, -0.2) is 22.9 Å². The van der Waals surface area contributed by atoms with Gasteiger partial charge in [0, 0.05) is 6.21 Å². The summed E-state index contributed by atoms with van der Waals surface area (Å²) >= 11 is 1.25. The molecule has 0 aliphatic carbocycles. The number of hydrogen-bond donors (Lipinski definition) is 1. The number of hydrazone groups is 1. The molecule has 122 valence electrons. The van der Waals surface area contributed by atoms with Crippen molar-refractivity contribution in [1.82, 2.24) is 10.4 Å². The van der Waals surface area contributed by atoms with Gasteiger partial charge in [-0.1, -0.05) is 54.2 Å². The highest BCUT2D eigenvalue weighted by molar-refractivity contribution is 7.99. The lowest BCUT2D eigenvalue weighted by Gasteiger charge is -1.98. The molecule has 5 nitrogen and oxygen atoms in total. The Bertz CT molecular complexity index is 797. The molecule has 1 N–H and O–H groups in total. The van der Waals surface area contributed by atoms with E-state index < -0.39 is 0 Å². The number of hydrogen-bond acceptors (Lipinski definition) is 5. The van der Waals surface area contributed by atoms with Gasteiger partial charge in [0.15, 0.2) is 5.58 Å². The first kappa shape index (κ1) is 16.3. The summed E-state index contributed by atoms with van der Waals surface area (Å²) in [7, 11) is 0. The van der Waals surface area contributed by atoms with Crippen molar-refractivity contribution in [1.29, 1.82) is 0 Å². The second-order valence-electron chi connectivity index (χ2n) is 5.11. The molecule has 0 aliphatic rings. The van der Waals surface area contributed by atoms with E-state index in [0.29, 0.717) is 5.22 Å². The van der Waals surface area contributed by atoms with Crippen molar-refractivity contribution in [3.8, 4) is 0 Å². The van der Waals surface area contributed by atoms with Crippen LogP contribution in [0.5, 0.6) is 0 Å². The highest BCUT2D eigenvalue weighted by Gasteiger charge is 2.08. The predicted octanol–water partition coefficient (Wildman–Crippen LogP) is 3.65. The van der Waals surface area contributed by atoms with Gasteiger partial charge >= 0.3 is 0 Å². The van der Waals surface area contributed by atoms with Crippen molar-refractivity contribution in [3.63, 3.8) is 0 Å². The first-order valence-corrected chi connectivity index (χ1v) is 8.62. The van der Waals surface area contributed by atoms with Crippen LogP contribution in [0.4, 0.5) is 0 Å². The zero-order valence-corrected chi connectivity index (χ0v) is 13.8. The Labute approximate surface area is 144 Å². The third-order valence-corrected chi connectivity index (χ3v) is 4.11. The van der Waals surface area contributed by atoms with E-state index in [1.165, 1.54) is 17.3 Å². The molecule has 3 rings (SSSR count). The number of amides is 1. The Morgan fingerprint density at radius 3 is 2.79 bits per heavy atom. The second-order valence-corrected chi connectivity index (χ2v) is 6.03. The van der Waals surface area contributed by atoms with Crippen LogP contribution in [0, 0.1) is 0 Å². The maximum absolute atomic E-state index is 11.7. The molecule has 0 saturated heterocycles. The number of nitrogens with zero attached hydrogens (tertiary/aromatic N) is 2. The van der Waals surface area contributed by atoms with E-state index in [9.17, 15) is 4.79 Å². The summed E-state index contributed by atoms with van der Waals surface area (Å²) in [6, 6.07) is 17.7. The van der Waals surface area contributed by atoms with Crippen LogP contribution in [0.15, 0.2) is 69.3 Å². The van der Waals surface area contributed by atoms with Gasteiger partial charge in [-0.2, -0.15) is 5.10 Å². The van der Waals surface area contributed by atoms with Crippen molar-refractivity contribution >= 4 is 35.0 Å². The number of fused-ring (bicyclic) bond motifs is 1. The Hall–Kier alpha value is -2.60. The minimum atomic E-state index is -0.182. The summed E-state index contributed by atoms with van der Waals surface area (Å²) in [4.78, 5) is 16.1. The third kappa shape index (κ3) is 4.70. The molecule has 0 atom stereocenters. The molecule has 6 heteroatoms. The fourth-order valence-electron chi connectivity index (χ4n) is 2.13. The normalized spacial score (nSPS) is 11.2. The topological polar surface area (TPSA) is 67.5 Å². The van der Waals surface area contributed by atoms with Crippen molar-refractivity contribution < 1.29 is 9.21 Å². The van der Waals surface area contributed by atoms with Gasteiger partial charge in [0.1, 0.15) is 5.52 Å². The van der Waals surface area contributed by atoms with E-state index in [-0.39, 0.29) is 11.7 Å². The average Bonchev–Trinajstić information content (AvgIpc) is 3.03. The number of aryl methyl sites for hydroxylation is 1. The summed E-state index contributed by atoms with van der Waals surface area (Å²) < 4.78 is 5.54. The number of oxazole rings is 1. The third-order valence-electron chi connectivity index (χ3n) is 3.29. The summed E-state index contributed by atoms with van der Waals surface area (Å²) in [6.07, 6.45) is 3.40. The summed E-state index contributed by atoms with van der Waals surface area (Å²) in [5.41, 5.74) is 5.28. The van der Waals surface area contributed by atoms with Crippen molar-refractivity contribution in [3.05, 3.63) is 60.2 Å². The van der Waals surface area contributed by atoms with Gasteiger partial charge in [-0.15, -0.1) is 0 Å². The Morgan fingerprint density at radius 2 is 1.96 bits per heavy atom. The van der Waals surface area contributed by atoms with Crippen LogP contribution in [0.25, 0.3) is 11.1 Å². The molecule has 2 aromatic carbocycles. The van der Waals surface area contributed by atoms with Gasteiger partial charge in [0.2, 0.25) is 0 Å². The molecular formula is C18H17N3O2S. The summed E-state index contributed by atoms with van der Waals surface area (Å²) in [5, 5.41) is 4.44. The Morgan fingerprint density at radius 1 is 1.17 bits per heavy atom. The van der Waals surface area contributed by atoms with E-state index in [1.54, 1.807) is 6.21 Å². The summed E-state index contributed by atoms with van der Waals surface area (Å²) in [5.74, 6) is 0.0290. The van der Waals surface area contributed by atoms with Crippen molar-refractivity contribution in [2.75, 3.05) is 5.75 Å². The second kappa shape index (κ2) is 8.31. The van der Waals surface area contributed by atoms with Crippen molar-refractivity contribution in [2.45, 2.75) is 18.1 Å². The number of aromatic nitrogens is 1. The lowest BCUT2D eigenvalue weighted by molar-refractivity contribution is -0.118. The van der Waals surface area contributed by atoms with E-state index in [1.807, 2.05) is 42.5 Å². The fraction of sp³-hybridized carbons (Fsp3) is 0.167. The highest BCUT2D eigenvalue weighted by atomic mass is 32.2. The molecule has 1 aromatic heterocycles. The monoisotopic (exact) mass is 339 g/mol. The van der Waals surface area contributed by atoms with Crippen LogP contribution in [0.2, 0.25) is 0 Å². The number of rotatable bonds is 7. The minimum Gasteiger partial charge on any atom is -0.431 e. The van der Waals surface area contributed by atoms with Gasteiger partial charge in [0.25, 0.3) is 11.1 Å². The molecule has 0 spiro atoms. The largest absolute Gasteiger partial charge is 0.431 e. The van der Waals surface area contributed by atoms with Crippen LogP contribution in [0.1, 0.15) is 12.0 Å². The quantitative estimate of drug-likeness (QED) is 0.405. The molecule has 1 heterocycles. The molecule has 1 amide bonds. The molecule has 0 bridgehead atoms. The highest BCUT2D eigenvalue weighted by Crippen LogP contribution is 2.22. The van der Waals surface area contributed by atoms with E-state index in [2.05, 4.69) is 27.6 Å². The number of thioether (sulfide) groups is 1. The SMILES string of the molecule is O=C(CSc1nc2ccccc2o1)N/N=C/CCc1ccccc1. The van der Waals surface area contributed by atoms with Crippen LogP contribution < -0.4 is 5.43 Å². The lowest BCUT2D eigenvalue weighted by Crippen LogP contribution is -2.19.